The van der Waals surface area contributed by atoms with E-state index in [0.29, 0.717) is 23.5 Å². The van der Waals surface area contributed by atoms with E-state index >= 15 is 0 Å². The van der Waals surface area contributed by atoms with E-state index in [2.05, 4.69) is 15.7 Å². The van der Waals surface area contributed by atoms with Crippen LogP contribution in [0.3, 0.4) is 0 Å². The van der Waals surface area contributed by atoms with E-state index in [1.54, 1.807) is 35.9 Å². The molecule has 8 heteroatoms. The Kier molecular flexibility index (Phi) is 6.59. The summed E-state index contributed by atoms with van der Waals surface area (Å²) in [6, 6.07) is 15.9. The summed E-state index contributed by atoms with van der Waals surface area (Å²) in [5.74, 6) is -1.38. The van der Waals surface area contributed by atoms with Crippen LogP contribution in [-0.4, -0.2) is 40.7 Å². The highest BCUT2D eigenvalue weighted by Crippen LogP contribution is 2.15. The van der Waals surface area contributed by atoms with Crippen LogP contribution in [0, 0.1) is 6.92 Å². The molecule has 0 fully saturated rings. The fourth-order valence-corrected chi connectivity index (χ4v) is 2.85. The molecule has 2 aromatic carbocycles. The van der Waals surface area contributed by atoms with Gasteiger partial charge in [-0.3, -0.25) is 9.59 Å². The molecule has 8 nitrogen and oxygen atoms in total. The second-order valence-corrected chi connectivity index (χ2v) is 6.46. The van der Waals surface area contributed by atoms with Crippen molar-refractivity contribution in [2.24, 2.45) is 0 Å². The maximum atomic E-state index is 12.4. The largest absolute Gasteiger partial charge is 0.452 e. The summed E-state index contributed by atoms with van der Waals surface area (Å²) >= 11 is 0. The first-order chi connectivity index (χ1) is 14.5. The van der Waals surface area contributed by atoms with Gasteiger partial charge in [-0.2, -0.15) is 5.10 Å². The van der Waals surface area contributed by atoms with E-state index in [1.807, 2.05) is 37.3 Å². The van der Waals surface area contributed by atoms with Gasteiger partial charge in [0.1, 0.15) is 5.56 Å². The number of anilines is 1. The van der Waals surface area contributed by atoms with Crippen LogP contribution in [0.4, 0.5) is 5.69 Å². The second-order valence-electron chi connectivity index (χ2n) is 6.46. The number of carbonyl (C=O) groups is 3. The number of benzene rings is 2. The zero-order valence-corrected chi connectivity index (χ0v) is 16.7. The van der Waals surface area contributed by atoms with Gasteiger partial charge < -0.3 is 15.4 Å². The van der Waals surface area contributed by atoms with Gasteiger partial charge in [0.25, 0.3) is 11.8 Å². The molecule has 0 radical (unpaired) electrons. The molecule has 0 spiro atoms. The van der Waals surface area contributed by atoms with Gasteiger partial charge in [-0.05, 0) is 44.2 Å². The first kappa shape index (κ1) is 20.8. The molecule has 2 N–H and O–H groups in total. The number of aromatic nitrogens is 2. The van der Waals surface area contributed by atoms with Crippen molar-refractivity contribution in [2.45, 2.75) is 13.8 Å². The average molecular weight is 406 g/mol. The molecule has 0 bridgehead atoms. The van der Waals surface area contributed by atoms with Crippen LogP contribution in [0.2, 0.25) is 0 Å². The van der Waals surface area contributed by atoms with E-state index in [9.17, 15) is 14.4 Å². The number of nitrogens with one attached hydrogen (secondary N) is 2. The monoisotopic (exact) mass is 406 g/mol. The maximum absolute atomic E-state index is 12.4. The quantitative estimate of drug-likeness (QED) is 0.588. The SMILES string of the molecule is CCNC(=O)c1cccc(NC(=O)COC(=O)c2cnn(-c3ccccc3)c2C)c1. The zero-order chi connectivity index (χ0) is 21.5. The average Bonchev–Trinajstić information content (AvgIpc) is 3.14. The number of hydrogen-bond donors (Lipinski definition) is 2. The summed E-state index contributed by atoms with van der Waals surface area (Å²) in [5.41, 5.74) is 2.58. The van der Waals surface area contributed by atoms with Crippen LogP contribution in [0.15, 0.2) is 60.8 Å². The lowest BCUT2D eigenvalue weighted by molar-refractivity contribution is -0.119. The smallest absolute Gasteiger partial charge is 0.342 e. The predicted octanol–water partition coefficient (Wildman–Crippen LogP) is 2.73. The summed E-state index contributed by atoms with van der Waals surface area (Å²) in [7, 11) is 0. The third kappa shape index (κ3) is 4.91. The number of para-hydroxylation sites is 1. The molecule has 3 rings (SSSR count). The lowest BCUT2D eigenvalue weighted by Crippen LogP contribution is -2.23. The first-order valence-electron chi connectivity index (χ1n) is 9.45. The van der Waals surface area contributed by atoms with Crippen molar-refractivity contribution in [3.05, 3.63) is 77.6 Å². The van der Waals surface area contributed by atoms with Crippen molar-refractivity contribution >= 4 is 23.5 Å². The number of esters is 1. The van der Waals surface area contributed by atoms with E-state index in [4.69, 9.17) is 4.74 Å². The van der Waals surface area contributed by atoms with Crippen molar-refractivity contribution in [1.82, 2.24) is 15.1 Å². The van der Waals surface area contributed by atoms with Crippen LogP contribution in [0.5, 0.6) is 0 Å². The van der Waals surface area contributed by atoms with E-state index in [1.165, 1.54) is 6.20 Å². The topological polar surface area (TPSA) is 102 Å². The van der Waals surface area contributed by atoms with E-state index in [-0.39, 0.29) is 11.5 Å². The molecule has 2 amide bonds. The van der Waals surface area contributed by atoms with Gasteiger partial charge in [0.15, 0.2) is 6.61 Å². The summed E-state index contributed by atoms with van der Waals surface area (Å²) < 4.78 is 6.75. The summed E-state index contributed by atoms with van der Waals surface area (Å²) in [6.45, 7) is 3.62. The Morgan fingerprint density at radius 3 is 2.57 bits per heavy atom. The highest BCUT2D eigenvalue weighted by atomic mass is 16.5. The van der Waals surface area contributed by atoms with Gasteiger partial charge in [-0.1, -0.05) is 24.3 Å². The third-order valence-corrected chi connectivity index (χ3v) is 4.31. The van der Waals surface area contributed by atoms with Crippen molar-refractivity contribution in [3.8, 4) is 5.69 Å². The maximum Gasteiger partial charge on any atom is 0.342 e. The van der Waals surface area contributed by atoms with E-state index in [0.717, 1.165) is 5.69 Å². The third-order valence-electron chi connectivity index (χ3n) is 4.31. The summed E-state index contributed by atoms with van der Waals surface area (Å²) in [4.78, 5) is 36.4. The number of amides is 2. The Balaban J connectivity index is 1.59. The second kappa shape index (κ2) is 9.51. The summed E-state index contributed by atoms with van der Waals surface area (Å²) in [5, 5.41) is 9.53. The minimum atomic E-state index is -0.638. The molecule has 0 atom stereocenters. The van der Waals surface area contributed by atoms with Crippen molar-refractivity contribution < 1.29 is 19.1 Å². The fourth-order valence-electron chi connectivity index (χ4n) is 2.85. The Bertz CT molecular complexity index is 1060. The van der Waals surface area contributed by atoms with Crippen molar-refractivity contribution in [2.75, 3.05) is 18.5 Å². The van der Waals surface area contributed by atoms with Crippen LogP contribution in [0.25, 0.3) is 5.69 Å². The van der Waals surface area contributed by atoms with Crippen LogP contribution in [-0.2, 0) is 9.53 Å². The van der Waals surface area contributed by atoms with Crippen molar-refractivity contribution in [1.29, 1.82) is 0 Å². The summed E-state index contributed by atoms with van der Waals surface area (Å²) in [6.07, 6.45) is 1.42. The fraction of sp³-hybridized carbons (Fsp3) is 0.182. The predicted molar refractivity (Wildman–Crippen MR) is 112 cm³/mol. The van der Waals surface area contributed by atoms with Gasteiger partial charge in [0.2, 0.25) is 0 Å². The minimum Gasteiger partial charge on any atom is -0.452 e. The molecule has 30 heavy (non-hydrogen) atoms. The molecule has 0 aliphatic heterocycles. The number of rotatable bonds is 7. The number of carbonyl (C=O) groups excluding carboxylic acids is 3. The van der Waals surface area contributed by atoms with Gasteiger partial charge in [-0.15, -0.1) is 0 Å². The Morgan fingerprint density at radius 1 is 1.07 bits per heavy atom. The lowest BCUT2D eigenvalue weighted by Gasteiger charge is -2.08. The Labute approximate surface area is 173 Å². The molecule has 0 aliphatic carbocycles. The van der Waals surface area contributed by atoms with Crippen LogP contribution < -0.4 is 10.6 Å². The number of nitrogens with zero attached hydrogens (tertiary/aromatic N) is 2. The lowest BCUT2D eigenvalue weighted by atomic mass is 10.2. The normalized spacial score (nSPS) is 10.3. The number of ether oxygens (including phenoxy) is 1. The highest BCUT2D eigenvalue weighted by molar-refractivity contribution is 5.98. The molecular formula is C22H22N4O4. The van der Waals surface area contributed by atoms with Gasteiger partial charge in [0.05, 0.1) is 17.6 Å². The molecule has 1 aromatic heterocycles. The van der Waals surface area contributed by atoms with Crippen LogP contribution >= 0.6 is 0 Å². The van der Waals surface area contributed by atoms with Crippen molar-refractivity contribution in [3.63, 3.8) is 0 Å². The molecule has 1 heterocycles. The Hall–Kier alpha value is -3.94. The number of hydrogen-bond acceptors (Lipinski definition) is 5. The van der Waals surface area contributed by atoms with E-state index < -0.39 is 18.5 Å². The van der Waals surface area contributed by atoms with Gasteiger partial charge >= 0.3 is 5.97 Å². The Morgan fingerprint density at radius 2 is 1.83 bits per heavy atom. The molecular weight excluding hydrogens is 384 g/mol. The molecule has 0 saturated heterocycles. The van der Waals surface area contributed by atoms with Crippen LogP contribution in [0.1, 0.15) is 33.3 Å². The molecule has 3 aromatic rings. The molecule has 0 aliphatic rings. The first-order valence-corrected chi connectivity index (χ1v) is 9.45. The van der Waals surface area contributed by atoms with Gasteiger partial charge in [-0.25, -0.2) is 9.48 Å². The molecule has 0 unspecified atom stereocenters. The zero-order valence-electron chi connectivity index (χ0n) is 16.7. The molecule has 0 saturated carbocycles. The van der Waals surface area contributed by atoms with Gasteiger partial charge in [0, 0.05) is 17.8 Å². The highest BCUT2D eigenvalue weighted by Gasteiger charge is 2.18. The standard InChI is InChI=1S/C22H22N4O4/c1-3-23-21(28)16-8-7-9-17(12-16)25-20(27)14-30-22(29)19-13-24-26(15(19)2)18-10-5-4-6-11-18/h4-13H,3,14H2,1-2H3,(H,23,28)(H,25,27). The molecule has 154 valence electrons. The minimum absolute atomic E-state index is 0.231.